The van der Waals surface area contributed by atoms with Crippen LogP contribution in [0.15, 0.2) is 193 Å². The lowest BCUT2D eigenvalue weighted by Crippen LogP contribution is -2.26. The molecule has 9 aromatic carbocycles. The van der Waals surface area contributed by atoms with Crippen LogP contribution in [0.2, 0.25) is 0 Å². The zero-order chi connectivity index (χ0) is 36.5. The van der Waals surface area contributed by atoms with Crippen molar-refractivity contribution in [1.29, 1.82) is 0 Å². The second-order valence-corrected chi connectivity index (χ2v) is 15.4. The van der Waals surface area contributed by atoms with E-state index in [1.807, 2.05) is 12.3 Å². The molecule has 2 aliphatic carbocycles. The average Bonchev–Trinajstić information content (AvgIpc) is 3.87. The Labute approximate surface area is 322 Å². The van der Waals surface area contributed by atoms with Gasteiger partial charge < -0.3 is 4.42 Å². The molecule has 1 unspecified atom stereocenters. The first-order chi connectivity index (χ1) is 27.8. The standard InChI is InChI=1S/C54H31NO/c1-2-13-33-28-34(24-23-32(33)12-1)51-38-16-3-5-18-40(38)52(41-19-6-4-17-39(41)51)35-25-26-42-47(29-35)54(46-21-11-27-55-53(42)46)45-20-9-7-14-36(45)43-31-50-44(30-48(43)54)37-15-8-10-22-49(37)56-50/h1-31H. The average molecular weight is 710 g/mol. The molecule has 1 atom stereocenters. The van der Waals surface area contributed by atoms with Crippen molar-refractivity contribution in [2.24, 2.45) is 0 Å². The molecule has 56 heavy (non-hydrogen) atoms. The molecule has 0 saturated carbocycles. The van der Waals surface area contributed by atoms with Gasteiger partial charge in [-0.15, -0.1) is 0 Å². The number of hydrogen-bond acceptors (Lipinski definition) is 2. The number of nitrogens with zero attached hydrogens (tertiary/aromatic N) is 1. The Morgan fingerprint density at radius 3 is 1.75 bits per heavy atom. The Balaban J connectivity index is 1.13. The third kappa shape index (κ3) is 3.78. The van der Waals surface area contributed by atoms with Crippen molar-refractivity contribution in [2.45, 2.75) is 5.41 Å². The van der Waals surface area contributed by atoms with Crippen LogP contribution in [0.5, 0.6) is 0 Å². The fourth-order valence-corrected chi connectivity index (χ4v) is 10.5. The molecule has 2 aliphatic rings. The van der Waals surface area contributed by atoms with Crippen LogP contribution in [0.1, 0.15) is 22.3 Å². The van der Waals surface area contributed by atoms with Gasteiger partial charge in [-0.2, -0.15) is 0 Å². The quantitative estimate of drug-likeness (QED) is 0.167. The summed E-state index contributed by atoms with van der Waals surface area (Å²) in [6.45, 7) is 0. The maximum Gasteiger partial charge on any atom is 0.136 e. The molecule has 13 rings (SSSR count). The smallest absolute Gasteiger partial charge is 0.136 e. The topological polar surface area (TPSA) is 26.0 Å². The highest BCUT2D eigenvalue weighted by atomic mass is 16.3. The van der Waals surface area contributed by atoms with Crippen LogP contribution in [-0.4, -0.2) is 4.98 Å². The van der Waals surface area contributed by atoms with Gasteiger partial charge in [0.15, 0.2) is 0 Å². The van der Waals surface area contributed by atoms with Gasteiger partial charge in [-0.3, -0.25) is 4.98 Å². The van der Waals surface area contributed by atoms with Crippen LogP contribution < -0.4 is 0 Å². The minimum absolute atomic E-state index is 0.552. The second kappa shape index (κ2) is 10.9. The van der Waals surface area contributed by atoms with E-state index >= 15 is 0 Å². The highest BCUT2D eigenvalue weighted by Crippen LogP contribution is 2.63. The van der Waals surface area contributed by atoms with Crippen molar-refractivity contribution in [3.63, 3.8) is 0 Å². The summed E-state index contributed by atoms with van der Waals surface area (Å²) in [7, 11) is 0. The van der Waals surface area contributed by atoms with Crippen LogP contribution in [0.4, 0.5) is 0 Å². The summed E-state index contributed by atoms with van der Waals surface area (Å²) in [6, 6.07) is 67.1. The van der Waals surface area contributed by atoms with Crippen molar-refractivity contribution in [3.8, 4) is 44.6 Å². The van der Waals surface area contributed by atoms with Crippen LogP contribution >= 0.6 is 0 Å². The molecule has 2 nitrogen and oxygen atoms in total. The van der Waals surface area contributed by atoms with Gasteiger partial charge in [-0.1, -0.05) is 146 Å². The van der Waals surface area contributed by atoms with E-state index in [1.54, 1.807) is 0 Å². The Morgan fingerprint density at radius 2 is 0.964 bits per heavy atom. The molecule has 2 heterocycles. The van der Waals surface area contributed by atoms with E-state index in [0.29, 0.717) is 0 Å². The summed E-state index contributed by atoms with van der Waals surface area (Å²) in [5, 5.41) is 9.77. The first-order valence-corrected chi connectivity index (χ1v) is 19.4. The summed E-state index contributed by atoms with van der Waals surface area (Å²) in [5.41, 5.74) is 16.0. The van der Waals surface area contributed by atoms with Crippen molar-refractivity contribution in [2.75, 3.05) is 0 Å². The molecule has 1 spiro atoms. The normalized spacial score (nSPS) is 15.2. The van der Waals surface area contributed by atoms with E-state index in [0.717, 1.165) is 27.6 Å². The van der Waals surface area contributed by atoms with E-state index in [4.69, 9.17) is 9.40 Å². The highest BCUT2D eigenvalue weighted by Gasteiger charge is 2.52. The van der Waals surface area contributed by atoms with Gasteiger partial charge in [0.25, 0.3) is 0 Å². The summed E-state index contributed by atoms with van der Waals surface area (Å²) in [4.78, 5) is 5.12. The Morgan fingerprint density at radius 1 is 0.357 bits per heavy atom. The van der Waals surface area contributed by atoms with E-state index in [-0.39, 0.29) is 0 Å². The fourth-order valence-electron chi connectivity index (χ4n) is 10.5. The number of fused-ring (bicyclic) bond motifs is 16. The Bertz CT molecular complexity index is 3440. The van der Waals surface area contributed by atoms with Gasteiger partial charge in [0, 0.05) is 22.5 Å². The molecule has 11 aromatic rings. The van der Waals surface area contributed by atoms with Crippen molar-refractivity contribution in [1.82, 2.24) is 4.98 Å². The summed E-state index contributed by atoms with van der Waals surface area (Å²) in [6.07, 6.45) is 1.94. The van der Waals surface area contributed by atoms with Crippen molar-refractivity contribution < 1.29 is 4.42 Å². The maximum atomic E-state index is 6.49. The SMILES string of the molecule is c1ccc2c(c1)-c1cc3oc4ccccc4c3cc1C21c2cc(-c3c4ccccc4c(-c4ccc5ccccc5c4)c4ccccc34)ccc2-c2ncccc21. The van der Waals surface area contributed by atoms with Crippen LogP contribution in [-0.2, 0) is 5.41 Å². The second-order valence-electron chi connectivity index (χ2n) is 15.4. The highest BCUT2D eigenvalue weighted by molar-refractivity contribution is 6.22. The summed E-state index contributed by atoms with van der Waals surface area (Å²) < 4.78 is 6.49. The zero-order valence-corrected chi connectivity index (χ0v) is 30.3. The number of pyridine rings is 1. The van der Waals surface area contributed by atoms with Gasteiger partial charge in [0.1, 0.15) is 11.2 Å². The van der Waals surface area contributed by atoms with E-state index in [9.17, 15) is 0 Å². The molecule has 0 amide bonds. The third-order valence-electron chi connectivity index (χ3n) is 12.7. The molecule has 0 bridgehead atoms. The Hall–Kier alpha value is -7.29. The van der Waals surface area contributed by atoms with Crippen molar-refractivity contribution in [3.05, 3.63) is 210 Å². The van der Waals surface area contributed by atoms with Crippen LogP contribution in [0.3, 0.4) is 0 Å². The van der Waals surface area contributed by atoms with E-state index in [2.05, 4.69) is 176 Å². The minimum Gasteiger partial charge on any atom is -0.456 e. The zero-order valence-electron chi connectivity index (χ0n) is 30.3. The van der Waals surface area contributed by atoms with Gasteiger partial charge in [0.05, 0.1) is 11.1 Å². The lowest BCUT2D eigenvalue weighted by molar-refractivity contribution is 0.669. The predicted octanol–water partition coefficient (Wildman–Crippen LogP) is 14.1. The molecular formula is C54H31NO. The monoisotopic (exact) mass is 709 g/mol. The molecule has 0 aliphatic heterocycles. The largest absolute Gasteiger partial charge is 0.456 e. The number of benzene rings is 9. The summed E-state index contributed by atoms with van der Waals surface area (Å²) >= 11 is 0. The molecule has 0 N–H and O–H groups in total. The van der Waals surface area contributed by atoms with E-state index < -0.39 is 5.41 Å². The lowest BCUT2D eigenvalue weighted by atomic mass is 9.70. The molecular weight excluding hydrogens is 679 g/mol. The van der Waals surface area contributed by atoms with Crippen LogP contribution in [0.25, 0.3) is 98.9 Å². The van der Waals surface area contributed by atoms with Gasteiger partial charge in [0.2, 0.25) is 0 Å². The number of para-hydroxylation sites is 1. The molecule has 258 valence electrons. The molecule has 0 radical (unpaired) electrons. The van der Waals surface area contributed by atoms with Gasteiger partial charge in [-0.05, 0) is 124 Å². The first kappa shape index (κ1) is 30.1. The number of hydrogen-bond donors (Lipinski definition) is 0. The molecule has 2 aromatic heterocycles. The van der Waals surface area contributed by atoms with Crippen molar-refractivity contribution >= 4 is 54.3 Å². The predicted molar refractivity (Wildman–Crippen MR) is 231 cm³/mol. The molecule has 0 saturated heterocycles. The van der Waals surface area contributed by atoms with Gasteiger partial charge in [-0.25, -0.2) is 0 Å². The number of rotatable bonds is 2. The minimum atomic E-state index is -0.552. The number of furan rings is 1. The lowest BCUT2D eigenvalue weighted by Gasteiger charge is -2.30. The van der Waals surface area contributed by atoms with E-state index in [1.165, 1.54) is 93.5 Å². The maximum absolute atomic E-state index is 6.49. The number of aromatic nitrogens is 1. The van der Waals surface area contributed by atoms with Crippen LogP contribution in [0, 0.1) is 0 Å². The molecule has 0 fully saturated rings. The van der Waals surface area contributed by atoms with Gasteiger partial charge >= 0.3 is 0 Å². The molecule has 2 heteroatoms. The fraction of sp³-hybridized carbons (Fsp3) is 0.0185. The third-order valence-corrected chi connectivity index (χ3v) is 12.7. The first-order valence-electron chi connectivity index (χ1n) is 19.4. The summed E-state index contributed by atoms with van der Waals surface area (Å²) in [5.74, 6) is 0. The Kier molecular flexibility index (Phi) is 5.86.